The minimum atomic E-state index is 0.218. The Hall–Kier alpha value is -0.0800. The first-order valence-corrected chi connectivity index (χ1v) is 5.23. The highest BCUT2D eigenvalue weighted by atomic mass is 16.5. The van der Waals surface area contributed by atoms with Crippen LogP contribution in [0.25, 0.3) is 0 Å². The number of ether oxygens (including phenoxy) is 1. The molecule has 0 aromatic carbocycles. The first-order valence-electron chi connectivity index (χ1n) is 5.23. The summed E-state index contributed by atoms with van der Waals surface area (Å²) in [5, 5.41) is 0. The Kier molecular flexibility index (Phi) is 1.81. The van der Waals surface area contributed by atoms with Gasteiger partial charge in [0.05, 0.1) is 17.7 Å². The first-order chi connectivity index (χ1) is 5.90. The predicted octanol–water partition coefficient (Wildman–Crippen LogP) is 1.89. The molecule has 0 aliphatic carbocycles. The van der Waals surface area contributed by atoms with Gasteiger partial charge in [-0.1, -0.05) is 13.8 Å². The van der Waals surface area contributed by atoms with Crippen LogP contribution in [0.4, 0.5) is 0 Å². The van der Waals surface area contributed by atoms with Crippen LogP contribution in [0.3, 0.4) is 0 Å². The molecule has 0 aromatic heterocycles. The maximum atomic E-state index is 6.02. The number of hydrogen-bond acceptors (Lipinski definition) is 2. The second kappa shape index (κ2) is 2.48. The van der Waals surface area contributed by atoms with Gasteiger partial charge in [0.15, 0.2) is 0 Å². The molecule has 2 bridgehead atoms. The number of fused-ring (bicyclic) bond motifs is 2. The van der Waals surface area contributed by atoms with Crippen molar-refractivity contribution in [1.82, 2.24) is 4.90 Å². The van der Waals surface area contributed by atoms with Crippen LogP contribution in [0.1, 0.15) is 33.6 Å². The Balaban J connectivity index is 2.38. The smallest absolute Gasteiger partial charge is 0.0767 e. The van der Waals surface area contributed by atoms with E-state index < -0.39 is 0 Å². The van der Waals surface area contributed by atoms with Gasteiger partial charge in [-0.3, -0.25) is 0 Å². The number of rotatable bonds is 1. The molecule has 0 spiro atoms. The lowest BCUT2D eigenvalue weighted by atomic mass is 9.63. The molecule has 2 aliphatic rings. The van der Waals surface area contributed by atoms with Gasteiger partial charge < -0.3 is 9.64 Å². The molecule has 13 heavy (non-hydrogen) atoms. The molecule has 0 radical (unpaired) electrons. The van der Waals surface area contributed by atoms with Crippen molar-refractivity contribution < 1.29 is 4.74 Å². The van der Waals surface area contributed by atoms with E-state index in [-0.39, 0.29) is 5.54 Å². The van der Waals surface area contributed by atoms with Crippen LogP contribution in [-0.2, 0) is 4.74 Å². The van der Waals surface area contributed by atoms with Crippen LogP contribution in [0, 0.1) is 5.41 Å². The van der Waals surface area contributed by atoms with E-state index in [0.29, 0.717) is 17.6 Å². The van der Waals surface area contributed by atoms with Crippen LogP contribution >= 0.6 is 0 Å². The zero-order valence-corrected chi connectivity index (χ0v) is 9.42. The highest BCUT2D eigenvalue weighted by molar-refractivity contribution is 5.14. The Morgan fingerprint density at radius 3 is 1.92 bits per heavy atom. The molecule has 0 unspecified atom stereocenters. The Morgan fingerprint density at radius 2 is 1.62 bits per heavy atom. The predicted molar refractivity (Wildman–Crippen MR) is 53.8 cm³/mol. The largest absolute Gasteiger partial charge is 0.372 e. The van der Waals surface area contributed by atoms with E-state index in [0.717, 1.165) is 0 Å². The molecule has 2 heterocycles. The fourth-order valence-corrected chi connectivity index (χ4v) is 3.19. The molecule has 2 nitrogen and oxygen atoms in total. The van der Waals surface area contributed by atoms with Gasteiger partial charge in [-0.2, -0.15) is 0 Å². The molecular formula is C11H21NO. The van der Waals surface area contributed by atoms with Crippen LogP contribution in [0.2, 0.25) is 0 Å². The van der Waals surface area contributed by atoms with Crippen molar-refractivity contribution in [1.29, 1.82) is 0 Å². The molecule has 0 aromatic rings. The maximum absolute atomic E-state index is 6.02. The van der Waals surface area contributed by atoms with Crippen molar-refractivity contribution in [3.8, 4) is 0 Å². The summed E-state index contributed by atoms with van der Waals surface area (Å²) < 4.78 is 6.02. The van der Waals surface area contributed by atoms with Gasteiger partial charge in [-0.25, -0.2) is 0 Å². The molecule has 2 aliphatic heterocycles. The van der Waals surface area contributed by atoms with Gasteiger partial charge in [-0.15, -0.1) is 0 Å². The Morgan fingerprint density at radius 1 is 1.08 bits per heavy atom. The summed E-state index contributed by atoms with van der Waals surface area (Å²) in [6.07, 6.45) is 3.41. The summed E-state index contributed by atoms with van der Waals surface area (Å²) in [4.78, 5) is 2.34. The SMILES string of the molecule is CN(C)[C@]1(C)[C@@H]2CC[C@@H](O2)C1(C)C. The zero-order valence-electron chi connectivity index (χ0n) is 9.42. The van der Waals surface area contributed by atoms with Crippen LogP contribution in [0.15, 0.2) is 0 Å². The topological polar surface area (TPSA) is 12.5 Å². The second-order valence-electron chi connectivity index (χ2n) is 5.45. The van der Waals surface area contributed by atoms with Gasteiger partial charge in [0.25, 0.3) is 0 Å². The summed E-state index contributed by atoms with van der Waals surface area (Å²) >= 11 is 0. The number of hydrogen-bond donors (Lipinski definition) is 0. The highest BCUT2D eigenvalue weighted by Gasteiger charge is 2.62. The third-order valence-electron chi connectivity index (χ3n) is 4.68. The van der Waals surface area contributed by atoms with Crippen molar-refractivity contribution in [3.63, 3.8) is 0 Å². The first kappa shape index (κ1) is 9.47. The summed E-state index contributed by atoms with van der Waals surface area (Å²) in [6, 6.07) is 0. The van der Waals surface area contributed by atoms with E-state index >= 15 is 0 Å². The minimum Gasteiger partial charge on any atom is -0.372 e. The maximum Gasteiger partial charge on any atom is 0.0767 e. The van der Waals surface area contributed by atoms with Crippen molar-refractivity contribution >= 4 is 0 Å². The van der Waals surface area contributed by atoms with E-state index in [2.05, 4.69) is 39.8 Å². The fraction of sp³-hybridized carbons (Fsp3) is 1.00. The standard InChI is InChI=1S/C11H21NO/c1-10(2)8-6-7-9(13-8)11(10,3)12(4)5/h8-9H,6-7H2,1-5H3/t8-,9+,11-/m1/s1. The van der Waals surface area contributed by atoms with E-state index in [1.54, 1.807) is 0 Å². The summed E-state index contributed by atoms with van der Waals surface area (Å²) in [5.74, 6) is 0. The van der Waals surface area contributed by atoms with Crippen molar-refractivity contribution in [3.05, 3.63) is 0 Å². The molecule has 2 saturated heterocycles. The normalized spacial score (nSPS) is 47.5. The summed E-state index contributed by atoms with van der Waals surface area (Å²) in [5.41, 5.74) is 0.509. The summed E-state index contributed by atoms with van der Waals surface area (Å²) in [7, 11) is 4.34. The molecule has 0 amide bonds. The average molecular weight is 183 g/mol. The van der Waals surface area contributed by atoms with Gasteiger partial charge in [0, 0.05) is 5.41 Å². The molecule has 0 saturated carbocycles. The van der Waals surface area contributed by atoms with Crippen molar-refractivity contribution in [2.45, 2.75) is 51.4 Å². The molecular weight excluding hydrogens is 162 g/mol. The van der Waals surface area contributed by atoms with Crippen LogP contribution < -0.4 is 0 Å². The Labute approximate surface area is 81.3 Å². The van der Waals surface area contributed by atoms with Gasteiger partial charge in [0.1, 0.15) is 0 Å². The quantitative estimate of drug-likeness (QED) is 0.615. The van der Waals surface area contributed by atoms with Crippen molar-refractivity contribution in [2.24, 2.45) is 5.41 Å². The molecule has 2 heteroatoms. The van der Waals surface area contributed by atoms with Crippen LogP contribution in [0.5, 0.6) is 0 Å². The van der Waals surface area contributed by atoms with E-state index in [4.69, 9.17) is 4.74 Å². The van der Waals surface area contributed by atoms with Gasteiger partial charge >= 0.3 is 0 Å². The number of nitrogens with zero attached hydrogens (tertiary/aromatic N) is 1. The zero-order chi connectivity index (χ0) is 9.85. The van der Waals surface area contributed by atoms with Gasteiger partial charge in [-0.05, 0) is 33.9 Å². The molecule has 2 rings (SSSR count). The monoisotopic (exact) mass is 183 g/mol. The number of likely N-dealkylation sites (N-methyl/N-ethyl adjacent to an activating group) is 1. The fourth-order valence-electron chi connectivity index (χ4n) is 3.19. The van der Waals surface area contributed by atoms with Crippen molar-refractivity contribution in [2.75, 3.05) is 14.1 Å². The summed E-state index contributed by atoms with van der Waals surface area (Å²) in [6.45, 7) is 7.03. The second-order valence-corrected chi connectivity index (χ2v) is 5.45. The molecule has 3 atom stereocenters. The van der Waals surface area contributed by atoms with E-state index in [9.17, 15) is 0 Å². The minimum absolute atomic E-state index is 0.218. The third kappa shape index (κ3) is 0.909. The molecule has 2 fully saturated rings. The highest BCUT2D eigenvalue weighted by Crippen LogP contribution is 2.55. The molecule has 76 valence electrons. The average Bonchev–Trinajstić information content (AvgIpc) is 2.54. The third-order valence-corrected chi connectivity index (χ3v) is 4.68. The lowest BCUT2D eigenvalue weighted by molar-refractivity contribution is 0.0171. The lowest BCUT2D eigenvalue weighted by Crippen LogP contribution is -2.59. The van der Waals surface area contributed by atoms with E-state index in [1.807, 2.05) is 0 Å². The van der Waals surface area contributed by atoms with E-state index in [1.165, 1.54) is 12.8 Å². The van der Waals surface area contributed by atoms with Gasteiger partial charge in [0.2, 0.25) is 0 Å². The molecule has 0 N–H and O–H groups in total. The Bertz CT molecular complexity index is 224. The van der Waals surface area contributed by atoms with Crippen LogP contribution in [-0.4, -0.2) is 36.7 Å². The lowest BCUT2D eigenvalue weighted by Gasteiger charge is -2.49.